The van der Waals surface area contributed by atoms with Gasteiger partial charge in [0.1, 0.15) is 17.3 Å². The Kier molecular flexibility index (Phi) is 6.02. The molecule has 0 spiro atoms. The monoisotopic (exact) mass is 488 g/mol. The van der Waals surface area contributed by atoms with Gasteiger partial charge in [-0.25, -0.2) is 18.2 Å². The first-order chi connectivity index (χ1) is 16.0. The second-order valence-corrected chi connectivity index (χ2v) is 10.0. The Balaban J connectivity index is 1.60. The van der Waals surface area contributed by atoms with E-state index in [-0.39, 0.29) is 28.5 Å². The van der Waals surface area contributed by atoms with Gasteiger partial charge in [0.2, 0.25) is 0 Å². The number of aromatic nitrogens is 1. The SMILES string of the molecule is C#C[C@H](C)Oc1cnc(C(=O)Nc2ccc(F)c([C@@]3(C)N=C(N)S[C@@]4(C(F)F)C[C@@H]34)c2)c(C)c1. The number of carbonyl (C=O) groups excluding carboxylic acids is 1. The van der Waals surface area contributed by atoms with Crippen molar-refractivity contribution in [2.45, 2.75) is 50.0 Å². The van der Waals surface area contributed by atoms with Crippen LogP contribution in [0.15, 0.2) is 35.5 Å². The lowest BCUT2D eigenvalue weighted by Gasteiger charge is -2.34. The molecule has 2 heterocycles. The Morgan fingerprint density at radius 2 is 2.15 bits per heavy atom. The van der Waals surface area contributed by atoms with Crippen LogP contribution < -0.4 is 15.8 Å². The fourth-order valence-electron chi connectivity index (χ4n) is 4.38. The van der Waals surface area contributed by atoms with Gasteiger partial charge in [-0.2, -0.15) is 0 Å². The van der Waals surface area contributed by atoms with E-state index in [0.29, 0.717) is 11.3 Å². The number of amides is 1. The summed E-state index contributed by atoms with van der Waals surface area (Å²) in [5.74, 6) is 1.15. The number of hydrogen-bond donors (Lipinski definition) is 2. The molecule has 1 fully saturated rings. The number of terminal acetylenes is 1. The van der Waals surface area contributed by atoms with E-state index in [1.54, 1.807) is 26.8 Å². The van der Waals surface area contributed by atoms with E-state index >= 15 is 0 Å². The summed E-state index contributed by atoms with van der Waals surface area (Å²) in [5, 5.41) is 2.68. The number of aryl methyl sites for hydroxylation is 1. The first-order valence-corrected chi connectivity index (χ1v) is 11.3. The highest BCUT2D eigenvalue weighted by Crippen LogP contribution is 2.68. The summed E-state index contributed by atoms with van der Waals surface area (Å²) in [6, 6.07) is 5.62. The van der Waals surface area contributed by atoms with Crippen LogP contribution >= 0.6 is 11.8 Å². The van der Waals surface area contributed by atoms with Crippen molar-refractivity contribution in [2.75, 3.05) is 5.32 Å². The van der Waals surface area contributed by atoms with E-state index < -0.39 is 40.5 Å². The molecule has 2 aromatic rings. The van der Waals surface area contributed by atoms with Crippen molar-refractivity contribution < 1.29 is 22.7 Å². The molecule has 1 amide bonds. The number of carbonyl (C=O) groups is 1. The molecule has 1 saturated carbocycles. The highest BCUT2D eigenvalue weighted by molar-refractivity contribution is 8.15. The van der Waals surface area contributed by atoms with Crippen LogP contribution in [0.25, 0.3) is 0 Å². The number of pyridine rings is 1. The molecule has 1 aromatic carbocycles. The van der Waals surface area contributed by atoms with Crippen LogP contribution in [0.3, 0.4) is 0 Å². The van der Waals surface area contributed by atoms with Crippen LogP contribution in [0.1, 0.15) is 41.9 Å². The number of benzene rings is 1. The molecule has 1 aliphatic heterocycles. The Morgan fingerprint density at radius 3 is 2.79 bits per heavy atom. The second kappa shape index (κ2) is 8.55. The maximum absolute atomic E-state index is 14.9. The quantitative estimate of drug-likeness (QED) is 0.585. The van der Waals surface area contributed by atoms with Crippen molar-refractivity contribution in [1.29, 1.82) is 0 Å². The zero-order valence-corrected chi connectivity index (χ0v) is 19.6. The highest BCUT2D eigenvalue weighted by Gasteiger charge is 2.71. The predicted octanol–water partition coefficient (Wildman–Crippen LogP) is 4.48. The van der Waals surface area contributed by atoms with E-state index in [9.17, 15) is 18.0 Å². The van der Waals surface area contributed by atoms with Gasteiger partial charge in [-0.1, -0.05) is 17.7 Å². The summed E-state index contributed by atoms with van der Waals surface area (Å²) in [5.41, 5.74) is 5.65. The molecule has 4 atom stereocenters. The third kappa shape index (κ3) is 4.09. The van der Waals surface area contributed by atoms with Gasteiger partial charge in [0, 0.05) is 17.2 Å². The lowest BCUT2D eigenvalue weighted by Crippen LogP contribution is -2.38. The zero-order chi connectivity index (χ0) is 24.8. The number of hydrogen-bond acceptors (Lipinski definition) is 6. The standard InChI is InChI=1S/C24H23F3N4O2S/c1-5-13(3)33-15-8-12(2)19(29-11-15)20(32)30-14-6-7-17(25)16(9-14)23(4)18-10-24(18,21(26)27)34-22(28)31-23/h1,6-9,11,13,18,21H,10H2,2-4H3,(H2,28,31)(H,30,32)/t13-,18-,23+,24-/m0/s1. The molecule has 3 N–H and O–H groups in total. The van der Waals surface area contributed by atoms with E-state index in [2.05, 4.69) is 21.2 Å². The number of amidine groups is 1. The molecule has 6 nitrogen and oxygen atoms in total. The van der Waals surface area contributed by atoms with E-state index in [0.717, 1.165) is 11.8 Å². The van der Waals surface area contributed by atoms with Crippen molar-refractivity contribution in [3.8, 4) is 18.1 Å². The van der Waals surface area contributed by atoms with Gasteiger partial charge in [0.15, 0.2) is 11.3 Å². The average molecular weight is 489 g/mol. The molecule has 10 heteroatoms. The molecule has 0 saturated heterocycles. The van der Waals surface area contributed by atoms with Crippen LogP contribution in [-0.2, 0) is 5.54 Å². The summed E-state index contributed by atoms with van der Waals surface area (Å²) in [6.45, 7) is 5.00. The van der Waals surface area contributed by atoms with Crippen LogP contribution in [0.2, 0.25) is 0 Å². The molecule has 2 aliphatic rings. The Labute approximate surface area is 199 Å². The van der Waals surface area contributed by atoms with E-state index in [4.69, 9.17) is 16.9 Å². The van der Waals surface area contributed by atoms with Crippen molar-refractivity contribution in [1.82, 2.24) is 4.98 Å². The summed E-state index contributed by atoms with van der Waals surface area (Å²) in [4.78, 5) is 21.4. The minimum atomic E-state index is -2.62. The third-order valence-corrected chi connectivity index (χ3v) is 7.53. The van der Waals surface area contributed by atoms with Gasteiger partial charge in [-0.15, -0.1) is 6.42 Å². The molecular formula is C24H23F3N4O2S. The Bertz CT molecular complexity index is 1230. The maximum atomic E-state index is 14.9. The molecule has 0 bridgehead atoms. The predicted molar refractivity (Wildman–Crippen MR) is 126 cm³/mol. The minimum absolute atomic E-state index is 0.00771. The zero-order valence-electron chi connectivity index (χ0n) is 18.7. The fraction of sp³-hybridized carbons (Fsp3) is 0.375. The smallest absolute Gasteiger partial charge is 0.274 e. The molecule has 0 unspecified atom stereocenters. The number of anilines is 1. The number of thioether (sulfide) groups is 1. The van der Waals surface area contributed by atoms with Crippen LogP contribution in [0.5, 0.6) is 5.75 Å². The lowest BCUT2D eigenvalue weighted by atomic mass is 9.85. The third-order valence-electron chi connectivity index (χ3n) is 6.22. The summed E-state index contributed by atoms with van der Waals surface area (Å²) >= 11 is 0.850. The summed E-state index contributed by atoms with van der Waals surface area (Å²) in [7, 11) is 0. The molecule has 1 aromatic heterocycles. The molecule has 0 radical (unpaired) electrons. The number of halogens is 3. The average Bonchev–Trinajstić information content (AvgIpc) is 3.52. The van der Waals surface area contributed by atoms with Crippen LogP contribution in [0, 0.1) is 31.0 Å². The van der Waals surface area contributed by atoms with Crippen molar-refractivity contribution >= 4 is 28.5 Å². The molecule has 1 aliphatic carbocycles. The number of nitrogens with one attached hydrogen (secondary N) is 1. The number of rotatable bonds is 6. The van der Waals surface area contributed by atoms with Gasteiger partial charge in [0.05, 0.1) is 16.5 Å². The molecule has 178 valence electrons. The second-order valence-electron chi connectivity index (χ2n) is 8.62. The lowest BCUT2D eigenvalue weighted by molar-refractivity contribution is 0.102. The maximum Gasteiger partial charge on any atom is 0.274 e. The number of nitrogens with two attached hydrogens (primary N) is 1. The summed E-state index contributed by atoms with van der Waals surface area (Å²) < 4.78 is 46.6. The molecule has 34 heavy (non-hydrogen) atoms. The van der Waals surface area contributed by atoms with Gasteiger partial charge in [-0.3, -0.25) is 9.79 Å². The normalized spacial score (nSPS) is 26.2. The van der Waals surface area contributed by atoms with Gasteiger partial charge in [-0.05, 0) is 57.0 Å². The number of aliphatic imine (C=N–C) groups is 1. The van der Waals surface area contributed by atoms with E-state index in [1.807, 2.05) is 0 Å². The Morgan fingerprint density at radius 1 is 1.41 bits per heavy atom. The minimum Gasteiger partial charge on any atom is -0.476 e. The Hall–Kier alpha value is -3.19. The van der Waals surface area contributed by atoms with Crippen molar-refractivity contribution in [3.05, 3.63) is 53.1 Å². The number of alkyl halides is 2. The first-order valence-electron chi connectivity index (χ1n) is 10.5. The molecule has 4 rings (SSSR count). The number of fused-ring (bicyclic) bond motifs is 1. The number of nitrogens with zero attached hydrogens (tertiary/aromatic N) is 2. The van der Waals surface area contributed by atoms with Crippen LogP contribution in [0.4, 0.5) is 18.9 Å². The van der Waals surface area contributed by atoms with Crippen molar-refractivity contribution in [2.24, 2.45) is 16.6 Å². The topological polar surface area (TPSA) is 89.6 Å². The van der Waals surface area contributed by atoms with Crippen LogP contribution in [-0.4, -0.2) is 33.3 Å². The first kappa shape index (κ1) is 24.0. The number of ether oxygens (including phenoxy) is 1. The summed E-state index contributed by atoms with van der Waals surface area (Å²) in [6.07, 6.45) is 3.80. The fourth-order valence-corrected chi connectivity index (χ4v) is 5.71. The highest BCUT2D eigenvalue weighted by atomic mass is 32.2. The van der Waals surface area contributed by atoms with Gasteiger partial charge >= 0.3 is 0 Å². The van der Waals surface area contributed by atoms with Gasteiger partial charge in [0.25, 0.3) is 12.3 Å². The molecular weight excluding hydrogens is 465 g/mol. The largest absolute Gasteiger partial charge is 0.476 e. The van der Waals surface area contributed by atoms with Gasteiger partial charge < -0.3 is 15.8 Å². The van der Waals surface area contributed by atoms with E-state index in [1.165, 1.54) is 24.4 Å². The van der Waals surface area contributed by atoms with Crippen molar-refractivity contribution in [3.63, 3.8) is 0 Å².